The summed E-state index contributed by atoms with van der Waals surface area (Å²) in [6, 6.07) is 8.29. The minimum absolute atomic E-state index is 1.04. The molecule has 1 unspecified atom stereocenters. The molecule has 18 heavy (non-hydrogen) atoms. The molecule has 1 aromatic rings. The molecule has 1 aliphatic rings. The molecule has 1 aliphatic heterocycles. The summed E-state index contributed by atoms with van der Waals surface area (Å²) in [5, 5.41) is 2.45. The van der Waals surface area contributed by atoms with Gasteiger partial charge in [0.05, 0.1) is 0 Å². The monoisotopic (exact) mass is 310 g/mol. The topological polar surface area (TPSA) is 17.1 Å². The Morgan fingerprint density at radius 2 is 1.72 bits per heavy atom. The Kier molecular flexibility index (Phi) is 5.34. The van der Waals surface area contributed by atoms with Crippen molar-refractivity contribution in [3.8, 4) is 0 Å². The van der Waals surface area contributed by atoms with Gasteiger partial charge < -0.3 is 0 Å². The number of fused-ring (bicyclic) bond motifs is 1. The number of benzene rings is 1. The van der Waals surface area contributed by atoms with Crippen LogP contribution in [0, 0.1) is 0 Å². The van der Waals surface area contributed by atoms with Gasteiger partial charge in [0.1, 0.15) is 0 Å². The van der Waals surface area contributed by atoms with Crippen LogP contribution in [0.1, 0.15) is 51.9 Å². The third-order valence-corrected chi connectivity index (χ3v) is 6.39. The summed E-state index contributed by atoms with van der Waals surface area (Å²) in [6.07, 6.45) is 8.85. The van der Waals surface area contributed by atoms with E-state index in [1.54, 1.807) is 0 Å². The van der Waals surface area contributed by atoms with E-state index in [4.69, 9.17) is 0 Å². The van der Waals surface area contributed by atoms with Gasteiger partial charge in [0.2, 0.25) is 0 Å². The van der Waals surface area contributed by atoms with Crippen molar-refractivity contribution in [3.05, 3.63) is 34.7 Å². The number of hydrogen-bond acceptors (Lipinski definition) is 1. The molecular formula is C16H22OSe. The van der Waals surface area contributed by atoms with Gasteiger partial charge in [0.25, 0.3) is 0 Å². The Morgan fingerprint density at radius 3 is 2.56 bits per heavy atom. The summed E-state index contributed by atoms with van der Waals surface area (Å²) in [6.45, 7) is 2.24. The van der Waals surface area contributed by atoms with Crippen LogP contribution in [-0.2, 0) is 3.83 Å². The average molecular weight is 309 g/mol. The number of hydrogen-bond donors (Lipinski definition) is 0. The van der Waals surface area contributed by atoms with Crippen molar-refractivity contribution in [2.45, 2.75) is 51.9 Å². The Bertz CT molecular complexity index is 530. The zero-order valence-corrected chi connectivity index (χ0v) is 12.9. The third-order valence-electron chi connectivity index (χ3n) is 3.50. The van der Waals surface area contributed by atoms with Crippen molar-refractivity contribution < 1.29 is 3.83 Å². The molecule has 0 N–H and O–H groups in total. The fourth-order valence-corrected chi connectivity index (χ4v) is 5.23. The molecule has 1 atom stereocenters. The second-order valence-corrected chi connectivity index (χ2v) is 7.72. The average Bonchev–Trinajstić information content (AvgIpc) is 2.70. The van der Waals surface area contributed by atoms with Gasteiger partial charge in [-0.2, -0.15) is 0 Å². The molecule has 0 aromatic heterocycles. The van der Waals surface area contributed by atoms with E-state index in [9.17, 15) is 3.83 Å². The molecule has 0 radical (unpaired) electrons. The molecule has 98 valence electrons. The molecule has 1 aromatic carbocycles. The molecule has 1 heterocycles. The zero-order valence-electron chi connectivity index (χ0n) is 11.2. The first kappa shape index (κ1) is 13.7. The van der Waals surface area contributed by atoms with E-state index in [1.807, 2.05) is 11.0 Å². The molecular weight excluding hydrogens is 287 g/mol. The summed E-state index contributed by atoms with van der Waals surface area (Å²) < 4.78 is 13.4. The summed E-state index contributed by atoms with van der Waals surface area (Å²) >= 11 is -1.84. The molecule has 2 heteroatoms. The fourth-order valence-electron chi connectivity index (χ4n) is 2.45. The summed E-state index contributed by atoms with van der Waals surface area (Å²) in [5.74, 6) is 0. The van der Waals surface area contributed by atoms with Crippen LogP contribution in [0.5, 0.6) is 0 Å². The summed E-state index contributed by atoms with van der Waals surface area (Å²) in [5.41, 5.74) is 0. The molecule has 2 rings (SSSR count). The second-order valence-electron chi connectivity index (χ2n) is 4.94. The van der Waals surface area contributed by atoms with E-state index in [1.165, 1.54) is 53.4 Å². The van der Waals surface area contributed by atoms with E-state index in [-0.39, 0.29) is 0 Å². The van der Waals surface area contributed by atoms with E-state index in [0.717, 1.165) is 6.42 Å². The first-order chi connectivity index (χ1) is 8.83. The third kappa shape index (κ3) is 3.40. The van der Waals surface area contributed by atoms with Crippen LogP contribution in [-0.4, -0.2) is 13.8 Å². The molecule has 0 bridgehead atoms. The Morgan fingerprint density at radius 1 is 1.00 bits per heavy atom. The first-order valence-corrected chi connectivity index (χ1v) is 9.58. The standard InChI is InChI=1S/C16H22OSe/c1-2-3-4-5-6-7-12-16-15-11-9-8-10-14(15)13-18(16)17/h8-11,13H,2-7,12H2,1H3. The second kappa shape index (κ2) is 7.01. The summed E-state index contributed by atoms with van der Waals surface area (Å²) in [4.78, 5) is 1.99. The van der Waals surface area contributed by atoms with Crippen LogP contribution in [0.4, 0.5) is 0 Å². The minimum atomic E-state index is -1.84. The number of unbranched alkanes of at least 4 members (excludes halogenated alkanes) is 5. The van der Waals surface area contributed by atoms with Crippen LogP contribution in [0.2, 0.25) is 0 Å². The molecule has 0 aliphatic carbocycles. The van der Waals surface area contributed by atoms with Gasteiger partial charge >= 0.3 is 114 Å². The van der Waals surface area contributed by atoms with Crippen LogP contribution < -0.4 is 10.4 Å². The van der Waals surface area contributed by atoms with E-state index < -0.39 is 13.8 Å². The Labute approximate surface area is 114 Å². The van der Waals surface area contributed by atoms with Crippen molar-refractivity contribution in [2.24, 2.45) is 0 Å². The fraction of sp³-hybridized carbons (Fsp3) is 0.500. The van der Waals surface area contributed by atoms with E-state index in [0.29, 0.717) is 0 Å². The molecule has 1 nitrogen and oxygen atoms in total. The predicted molar refractivity (Wildman–Crippen MR) is 78.0 cm³/mol. The summed E-state index contributed by atoms with van der Waals surface area (Å²) in [7, 11) is 0. The first-order valence-electron chi connectivity index (χ1n) is 7.03. The van der Waals surface area contributed by atoms with Gasteiger partial charge in [-0.1, -0.05) is 0 Å². The molecule has 0 fully saturated rings. The molecule has 0 saturated carbocycles. The van der Waals surface area contributed by atoms with Crippen molar-refractivity contribution >= 4 is 23.3 Å². The number of rotatable bonds is 7. The van der Waals surface area contributed by atoms with E-state index in [2.05, 4.69) is 25.1 Å². The molecule has 0 amide bonds. The van der Waals surface area contributed by atoms with Gasteiger partial charge in [-0.05, 0) is 0 Å². The van der Waals surface area contributed by atoms with Gasteiger partial charge in [0, 0.05) is 0 Å². The predicted octanol–water partition coefficient (Wildman–Crippen LogP) is 2.88. The van der Waals surface area contributed by atoms with Crippen LogP contribution >= 0.6 is 0 Å². The van der Waals surface area contributed by atoms with Crippen LogP contribution in [0.3, 0.4) is 0 Å². The SMILES string of the molecule is CCCCCCCCC1=c2ccccc2=C[Se]1=O. The van der Waals surface area contributed by atoms with Crippen LogP contribution in [0.25, 0.3) is 9.45 Å². The molecule has 0 spiro atoms. The zero-order chi connectivity index (χ0) is 12.8. The maximum absolute atomic E-state index is 12.1. The molecule has 0 saturated heterocycles. The normalized spacial score (nSPS) is 17.6. The van der Waals surface area contributed by atoms with Gasteiger partial charge in [-0.15, -0.1) is 0 Å². The van der Waals surface area contributed by atoms with Gasteiger partial charge in [-0.25, -0.2) is 0 Å². The van der Waals surface area contributed by atoms with Gasteiger partial charge in [0.15, 0.2) is 0 Å². The quantitative estimate of drug-likeness (QED) is 0.559. The van der Waals surface area contributed by atoms with Crippen molar-refractivity contribution in [1.29, 1.82) is 0 Å². The van der Waals surface area contributed by atoms with Gasteiger partial charge in [-0.3, -0.25) is 0 Å². The van der Waals surface area contributed by atoms with E-state index >= 15 is 0 Å². The Hall–Kier alpha value is -0.721. The maximum atomic E-state index is 12.1. The van der Waals surface area contributed by atoms with Crippen molar-refractivity contribution in [3.63, 3.8) is 0 Å². The van der Waals surface area contributed by atoms with Crippen molar-refractivity contribution in [2.75, 3.05) is 0 Å². The van der Waals surface area contributed by atoms with Crippen molar-refractivity contribution in [1.82, 2.24) is 0 Å². The Balaban J connectivity index is 1.91. The van der Waals surface area contributed by atoms with Crippen LogP contribution in [0.15, 0.2) is 24.3 Å².